The largest absolute Gasteiger partial charge is 0.354 e. The third-order valence-corrected chi connectivity index (χ3v) is 5.19. The van der Waals surface area contributed by atoms with Crippen LogP contribution >= 0.6 is 0 Å². The van der Waals surface area contributed by atoms with Gasteiger partial charge in [0.1, 0.15) is 0 Å². The Labute approximate surface area is 135 Å². The predicted molar refractivity (Wildman–Crippen MR) is 91.9 cm³/mol. The molecule has 0 spiro atoms. The first kappa shape index (κ1) is 17.5. The van der Waals surface area contributed by atoms with E-state index < -0.39 is 0 Å². The van der Waals surface area contributed by atoms with Gasteiger partial charge in [0.25, 0.3) is 0 Å². The van der Waals surface area contributed by atoms with Crippen LogP contribution in [0.5, 0.6) is 0 Å². The van der Waals surface area contributed by atoms with E-state index in [1.54, 1.807) is 0 Å². The lowest BCUT2D eigenvalue weighted by Gasteiger charge is -2.32. The molecule has 2 fully saturated rings. The highest BCUT2D eigenvalue weighted by molar-refractivity contribution is 5.81. The van der Waals surface area contributed by atoms with Gasteiger partial charge < -0.3 is 5.32 Å². The van der Waals surface area contributed by atoms with Gasteiger partial charge in [-0.25, -0.2) is 0 Å². The van der Waals surface area contributed by atoms with Crippen molar-refractivity contribution in [2.24, 2.45) is 5.92 Å². The Morgan fingerprint density at radius 2 is 1.91 bits per heavy atom. The van der Waals surface area contributed by atoms with E-state index in [2.05, 4.69) is 41.2 Å². The van der Waals surface area contributed by atoms with E-state index in [0.717, 1.165) is 39.1 Å². The van der Waals surface area contributed by atoms with Gasteiger partial charge in [0.05, 0.1) is 6.04 Å². The lowest BCUT2D eigenvalue weighted by atomic mass is 9.96. The number of amides is 1. The van der Waals surface area contributed by atoms with E-state index in [9.17, 15) is 4.79 Å². The fourth-order valence-electron chi connectivity index (χ4n) is 3.57. The monoisotopic (exact) mass is 307 g/mol. The van der Waals surface area contributed by atoms with E-state index >= 15 is 0 Å². The molecule has 2 heterocycles. The second-order valence-corrected chi connectivity index (χ2v) is 6.90. The SMILES string of the molecule is C/C=C/CN1CCC(CNC(=O)C2CCCCCN2C)CC1. The maximum atomic E-state index is 12.4. The number of nitrogens with zero attached hydrogens (tertiary/aromatic N) is 2. The maximum absolute atomic E-state index is 12.4. The van der Waals surface area contributed by atoms with Crippen LogP contribution in [0.2, 0.25) is 0 Å². The van der Waals surface area contributed by atoms with Gasteiger partial charge in [-0.2, -0.15) is 0 Å². The average Bonchev–Trinajstić information content (AvgIpc) is 2.76. The Kier molecular flexibility index (Phi) is 7.40. The molecule has 1 unspecified atom stereocenters. The molecule has 0 aromatic carbocycles. The van der Waals surface area contributed by atoms with Crippen LogP contribution in [0, 0.1) is 5.92 Å². The molecular weight excluding hydrogens is 274 g/mol. The van der Waals surface area contributed by atoms with Gasteiger partial charge in [0.15, 0.2) is 0 Å². The Hall–Kier alpha value is -0.870. The van der Waals surface area contributed by atoms with Gasteiger partial charge in [0.2, 0.25) is 5.91 Å². The molecule has 2 aliphatic rings. The minimum Gasteiger partial charge on any atom is -0.354 e. The van der Waals surface area contributed by atoms with E-state index in [1.165, 1.54) is 32.1 Å². The first-order valence-electron chi connectivity index (χ1n) is 9.02. The van der Waals surface area contributed by atoms with Crippen LogP contribution in [-0.2, 0) is 4.79 Å². The van der Waals surface area contributed by atoms with Gasteiger partial charge in [-0.15, -0.1) is 0 Å². The fourth-order valence-corrected chi connectivity index (χ4v) is 3.57. The van der Waals surface area contributed by atoms with Crippen LogP contribution in [0.3, 0.4) is 0 Å². The van der Waals surface area contributed by atoms with Crippen molar-refractivity contribution >= 4 is 5.91 Å². The minimum absolute atomic E-state index is 0.0947. The number of rotatable bonds is 5. The molecule has 22 heavy (non-hydrogen) atoms. The third-order valence-electron chi connectivity index (χ3n) is 5.19. The first-order valence-corrected chi connectivity index (χ1v) is 9.02. The average molecular weight is 307 g/mol. The summed E-state index contributed by atoms with van der Waals surface area (Å²) in [4.78, 5) is 17.2. The Morgan fingerprint density at radius 1 is 1.14 bits per heavy atom. The lowest BCUT2D eigenvalue weighted by molar-refractivity contribution is -0.126. The summed E-state index contributed by atoms with van der Waals surface area (Å²) in [5.41, 5.74) is 0. The quantitative estimate of drug-likeness (QED) is 0.792. The number of allylic oxidation sites excluding steroid dienone is 1. The highest BCUT2D eigenvalue weighted by atomic mass is 16.2. The van der Waals surface area contributed by atoms with E-state index in [1.807, 2.05) is 0 Å². The standard InChI is InChI=1S/C18H33N3O/c1-3-4-12-21-13-9-16(10-14-21)15-19-18(22)17-8-6-5-7-11-20(17)2/h3-4,16-17H,5-15H2,1-2H3,(H,19,22)/b4-3+. The molecule has 126 valence electrons. The van der Waals surface area contributed by atoms with Crippen molar-refractivity contribution in [3.63, 3.8) is 0 Å². The topological polar surface area (TPSA) is 35.6 Å². The summed E-state index contributed by atoms with van der Waals surface area (Å²) in [6.07, 6.45) is 11.5. The van der Waals surface area contributed by atoms with Gasteiger partial charge in [-0.05, 0) is 65.2 Å². The van der Waals surface area contributed by atoms with Crippen molar-refractivity contribution in [1.82, 2.24) is 15.1 Å². The number of likely N-dealkylation sites (tertiary alicyclic amines) is 2. The lowest BCUT2D eigenvalue weighted by Crippen LogP contribution is -2.47. The second kappa shape index (κ2) is 9.31. The fraction of sp³-hybridized carbons (Fsp3) is 0.833. The Bertz CT molecular complexity index is 361. The second-order valence-electron chi connectivity index (χ2n) is 6.90. The zero-order valence-electron chi connectivity index (χ0n) is 14.4. The summed E-state index contributed by atoms with van der Waals surface area (Å²) in [5, 5.41) is 3.23. The van der Waals surface area contributed by atoms with Gasteiger partial charge in [-0.3, -0.25) is 14.6 Å². The molecular formula is C18H33N3O. The number of hydrogen-bond acceptors (Lipinski definition) is 3. The summed E-state index contributed by atoms with van der Waals surface area (Å²) in [7, 11) is 2.09. The van der Waals surface area contributed by atoms with Crippen LogP contribution in [0.1, 0.15) is 45.4 Å². The van der Waals surface area contributed by atoms with Crippen LogP contribution in [0.4, 0.5) is 0 Å². The molecule has 0 aliphatic carbocycles. The number of piperidine rings is 1. The van der Waals surface area contributed by atoms with Crippen LogP contribution < -0.4 is 5.32 Å². The highest BCUT2D eigenvalue weighted by Crippen LogP contribution is 2.18. The Balaban J connectivity index is 1.68. The first-order chi connectivity index (χ1) is 10.7. The van der Waals surface area contributed by atoms with E-state index in [-0.39, 0.29) is 11.9 Å². The van der Waals surface area contributed by atoms with Crippen molar-refractivity contribution in [2.75, 3.05) is 39.8 Å². The number of nitrogens with one attached hydrogen (secondary N) is 1. The van der Waals surface area contributed by atoms with Crippen LogP contribution in [0.15, 0.2) is 12.2 Å². The summed E-state index contributed by atoms with van der Waals surface area (Å²) in [6, 6.07) is 0.0947. The molecule has 2 rings (SSSR count). The number of carbonyl (C=O) groups is 1. The minimum atomic E-state index is 0.0947. The third kappa shape index (κ3) is 5.40. The number of hydrogen-bond donors (Lipinski definition) is 1. The van der Waals surface area contributed by atoms with Crippen molar-refractivity contribution in [1.29, 1.82) is 0 Å². The number of likely N-dealkylation sites (N-methyl/N-ethyl adjacent to an activating group) is 1. The summed E-state index contributed by atoms with van der Waals surface area (Å²) in [6.45, 7) is 7.39. The summed E-state index contributed by atoms with van der Waals surface area (Å²) in [5.74, 6) is 0.905. The zero-order valence-corrected chi connectivity index (χ0v) is 14.4. The number of carbonyl (C=O) groups excluding carboxylic acids is 1. The van der Waals surface area contributed by atoms with Gasteiger partial charge >= 0.3 is 0 Å². The molecule has 0 aromatic rings. The predicted octanol–water partition coefficient (Wildman–Crippen LogP) is 2.27. The van der Waals surface area contributed by atoms with Crippen LogP contribution in [-0.4, -0.2) is 61.5 Å². The van der Waals surface area contributed by atoms with E-state index in [4.69, 9.17) is 0 Å². The van der Waals surface area contributed by atoms with Crippen LogP contribution in [0.25, 0.3) is 0 Å². The molecule has 2 aliphatic heterocycles. The maximum Gasteiger partial charge on any atom is 0.237 e. The summed E-state index contributed by atoms with van der Waals surface area (Å²) >= 11 is 0. The molecule has 0 bridgehead atoms. The van der Waals surface area contributed by atoms with Crippen molar-refractivity contribution in [3.05, 3.63) is 12.2 Å². The van der Waals surface area contributed by atoms with Crippen molar-refractivity contribution < 1.29 is 4.79 Å². The van der Waals surface area contributed by atoms with E-state index in [0.29, 0.717) is 5.92 Å². The van der Waals surface area contributed by atoms with Crippen molar-refractivity contribution in [2.45, 2.75) is 51.5 Å². The zero-order chi connectivity index (χ0) is 15.8. The van der Waals surface area contributed by atoms with Gasteiger partial charge in [-0.1, -0.05) is 25.0 Å². The molecule has 1 amide bonds. The molecule has 1 N–H and O–H groups in total. The molecule has 4 nitrogen and oxygen atoms in total. The summed E-state index contributed by atoms with van der Waals surface area (Å²) < 4.78 is 0. The van der Waals surface area contributed by atoms with Crippen molar-refractivity contribution in [3.8, 4) is 0 Å². The molecule has 0 aromatic heterocycles. The molecule has 0 radical (unpaired) electrons. The molecule has 1 atom stereocenters. The highest BCUT2D eigenvalue weighted by Gasteiger charge is 2.25. The molecule has 0 saturated carbocycles. The molecule has 2 saturated heterocycles. The normalized spacial score (nSPS) is 26.2. The Morgan fingerprint density at radius 3 is 2.64 bits per heavy atom. The van der Waals surface area contributed by atoms with Gasteiger partial charge in [0, 0.05) is 13.1 Å². The smallest absolute Gasteiger partial charge is 0.237 e. The molecule has 4 heteroatoms.